The normalized spacial score (nSPS) is 17.9. The summed E-state index contributed by atoms with van der Waals surface area (Å²) < 4.78 is 18.2. The van der Waals surface area contributed by atoms with Gasteiger partial charge in [-0.25, -0.2) is 0 Å². The molecule has 2 aliphatic rings. The monoisotopic (exact) mass is 895 g/mol. The van der Waals surface area contributed by atoms with E-state index in [9.17, 15) is 0 Å². The van der Waals surface area contributed by atoms with Gasteiger partial charge in [0.25, 0.3) is 0 Å². The van der Waals surface area contributed by atoms with Gasteiger partial charge in [0, 0.05) is 56.5 Å². The quantitative estimate of drug-likeness (QED) is 0.112. The van der Waals surface area contributed by atoms with Gasteiger partial charge in [-0.2, -0.15) is 0 Å². The molecule has 0 unspecified atom stereocenters. The molecule has 0 bridgehead atoms. The number of hydrogen-bond acceptors (Lipinski definition) is 4. The molecular formula is C48H36N4O2Pt. The van der Waals surface area contributed by atoms with Crippen LogP contribution in [0.2, 0.25) is 0 Å². The Kier molecular flexibility index (Phi) is 5.50. The molecule has 0 aliphatic carbocycles. The van der Waals surface area contributed by atoms with Gasteiger partial charge in [-0.05, 0) is 34.0 Å². The molecule has 0 spiro atoms. The topological polar surface area (TPSA) is 60.9 Å². The van der Waals surface area contributed by atoms with E-state index in [2.05, 4.69) is 137 Å². The van der Waals surface area contributed by atoms with E-state index in [4.69, 9.17) is 18.8 Å². The zero-order chi connectivity index (χ0) is 36.6. The first-order valence-corrected chi connectivity index (χ1v) is 19.0. The van der Waals surface area contributed by atoms with Gasteiger partial charge < -0.3 is 17.6 Å². The van der Waals surface area contributed by atoms with Gasteiger partial charge in [0.2, 0.25) is 0 Å². The van der Waals surface area contributed by atoms with Crippen LogP contribution in [0.3, 0.4) is 0 Å². The van der Waals surface area contributed by atoms with Gasteiger partial charge in [-0.15, -0.1) is 12.1 Å². The number of benzene rings is 5. The minimum atomic E-state index is -0.132. The Morgan fingerprint density at radius 2 is 0.909 bits per heavy atom. The first-order chi connectivity index (χ1) is 25.8. The Balaban J connectivity index is 0.00000335. The number of nitrogens with zero attached hydrogens (tertiary/aromatic N) is 4. The zero-order valence-corrected chi connectivity index (χ0v) is 34.1. The van der Waals surface area contributed by atoms with Gasteiger partial charge >= 0.3 is 21.1 Å². The van der Waals surface area contributed by atoms with Crippen LogP contribution in [0, 0.1) is 12.1 Å². The van der Waals surface area contributed by atoms with Gasteiger partial charge in [0.05, 0.1) is 33.6 Å². The fourth-order valence-electron chi connectivity index (χ4n) is 10.6. The summed E-state index contributed by atoms with van der Waals surface area (Å²) in [6.07, 6.45) is 4.16. The van der Waals surface area contributed by atoms with Crippen molar-refractivity contribution in [1.82, 2.24) is 18.8 Å². The van der Waals surface area contributed by atoms with E-state index >= 15 is 0 Å². The van der Waals surface area contributed by atoms with E-state index in [-0.39, 0.29) is 42.7 Å². The maximum Gasteiger partial charge on any atom is 2.00 e. The summed E-state index contributed by atoms with van der Waals surface area (Å²) in [7, 11) is 0. The molecule has 11 aromatic rings. The Morgan fingerprint density at radius 3 is 1.33 bits per heavy atom. The van der Waals surface area contributed by atoms with Crippen molar-refractivity contribution in [1.29, 1.82) is 0 Å². The molecular weight excluding hydrogens is 860 g/mol. The van der Waals surface area contributed by atoms with E-state index in [0.717, 1.165) is 76.7 Å². The molecule has 55 heavy (non-hydrogen) atoms. The predicted octanol–water partition coefficient (Wildman–Crippen LogP) is 12.1. The van der Waals surface area contributed by atoms with Crippen LogP contribution in [0.25, 0.3) is 98.5 Å². The third kappa shape index (κ3) is 3.31. The molecule has 7 heteroatoms. The van der Waals surface area contributed by atoms with Crippen molar-refractivity contribution >= 4 is 98.5 Å². The molecule has 0 amide bonds. The second-order valence-corrected chi connectivity index (χ2v) is 18.1. The van der Waals surface area contributed by atoms with E-state index in [0.29, 0.717) is 0 Å². The van der Waals surface area contributed by atoms with Crippen molar-refractivity contribution in [3.05, 3.63) is 108 Å². The van der Waals surface area contributed by atoms with Gasteiger partial charge in [0.15, 0.2) is 0 Å². The third-order valence-electron chi connectivity index (χ3n) is 15.0. The molecule has 0 atom stereocenters. The standard InChI is InChI=1S/C48H36N4O2.Pt/c1-45(2)31-13-9-11-23-25-19-35-29(17-27(25)43-49-21-37(47(45,5)6)51(43)41(23)31)39-33(53-35)15-16-34-40(39)30-18-28-26(20-36(30)54-34)24-12-10-14-32-42(24)52-38(22-50-44(28)52)48(7,8)46(32,3)4;/h9-16,19-22H,1-8H3;/q-2;+2. The Morgan fingerprint density at radius 1 is 0.491 bits per heavy atom. The van der Waals surface area contributed by atoms with E-state index < -0.39 is 0 Å². The fraction of sp³-hybridized carbons (Fsp3) is 0.250. The van der Waals surface area contributed by atoms with Crippen LogP contribution in [-0.4, -0.2) is 18.8 Å². The molecule has 0 saturated carbocycles. The van der Waals surface area contributed by atoms with Crippen LogP contribution in [0.1, 0.15) is 77.9 Å². The molecule has 270 valence electrons. The number of fused-ring (bicyclic) bond motifs is 13. The number of para-hydroxylation sites is 2. The smallest absolute Gasteiger partial charge is 0.500 e. The molecule has 6 nitrogen and oxygen atoms in total. The maximum atomic E-state index is 6.72. The zero-order valence-electron chi connectivity index (χ0n) is 31.8. The number of aromatic nitrogens is 4. The van der Waals surface area contributed by atoms with Crippen molar-refractivity contribution in [2.75, 3.05) is 0 Å². The summed E-state index contributed by atoms with van der Waals surface area (Å²) in [4.78, 5) is 10.2. The molecule has 0 N–H and O–H groups in total. The van der Waals surface area contributed by atoms with Gasteiger partial charge in [0.1, 0.15) is 0 Å². The average Bonchev–Trinajstić information content (AvgIpc) is 3.94. The first kappa shape index (κ1) is 32.1. The van der Waals surface area contributed by atoms with Crippen LogP contribution >= 0.6 is 0 Å². The summed E-state index contributed by atoms with van der Waals surface area (Å²) >= 11 is 0. The predicted molar refractivity (Wildman–Crippen MR) is 218 cm³/mol. The van der Waals surface area contributed by atoms with E-state index in [1.165, 1.54) is 44.3 Å². The summed E-state index contributed by atoms with van der Waals surface area (Å²) in [6, 6.07) is 29.7. The van der Waals surface area contributed by atoms with Crippen LogP contribution in [-0.2, 0) is 42.7 Å². The molecule has 0 radical (unpaired) electrons. The number of pyridine rings is 2. The van der Waals surface area contributed by atoms with Crippen LogP contribution < -0.4 is 0 Å². The summed E-state index contributed by atoms with van der Waals surface area (Å²) in [5, 5.41) is 10.4. The van der Waals surface area contributed by atoms with Crippen molar-refractivity contribution in [2.24, 2.45) is 0 Å². The number of imidazole rings is 2. The van der Waals surface area contributed by atoms with Crippen molar-refractivity contribution in [3.8, 4) is 0 Å². The first-order valence-electron chi connectivity index (χ1n) is 19.0. The molecule has 5 aromatic carbocycles. The molecule has 13 rings (SSSR count). The fourth-order valence-corrected chi connectivity index (χ4v) is 10.6. The van der Waals surface area contributed by atoms with Crippen molar-refractivity contribution in [3.63, 3.8) is 0 Å². The van der Waals surface area contributed by atoms with Gasteiger partial charge in [-0.1, -0.05) is 147 Å². The minimum absolute atomic E-state index is 0. The van der Waals surface area contributed by atoms with E-state index in [1.807, 2.05) is 12.1 Å². The van der Waals surface area contributed by atoms with Crippen molar-refractivity contribution < 1.29 is 29.9 Å². The molecule has 6 aromatic heterocycles. The Hall–Kier alpha value is -5.19. The summed E-state index contributed by atoms with van der Waals surface area (Å²) in [5.41, 5.74) is 12.2. The number of hydrogen-bond donors (Lipinski definition) is 0. The maximum absolute atomic E-state index is 6.72. The average molecular weight is 896 g/mol. The van der Waals surface area contributed by atoms with Crippen molar-refractivity contribution in [2.45, 2.75) is 77.0 Å². The summed E-state index contributed by atoms with van der Waals surface area (Å²) in [5.74, 6) is 0. The van der Waals surface area contributed by atoms with Gasteiger partial charge in [-0.3, -0.25) is 9.97 Å². The number of furan rings is 2. The number of rotatable bonds is 0. The largest absolute Gasteiger partial charge is 2.00 e. The molecule has 8 heterocycles. The molecule has 0 saturated heterocycles. The minimum Gasteiger partial charge on any atom is -0.500 e. The van der Waals surface area contributed by atoms with Crippen LogP contribution in [0.5, 0.6) is 0 Å². The van der Waals surface area contributed by atoms with E-state index in [1.54, 1.807) is 0 Å². The van der Waals surface area contributed by atoms with Crippen LogP contribution in [0.4, 0.5) is 0 Å². The summed E-state index contributed by atoms with van der Waals surface area (Å²) in [6.45, 7) is 18.8. The molecule has 0 fully saturated rings. The SMILES string of the molecule is CC1(C)c2cccc3c4cc5oc6ccc7oc8cc9c([c-]c8c7c6c5[c-]c4c4ncc(n4c23)C1(C)C)c1ncc2n1c1c(cccc91)C(C)(C)C2(C)C.[Pt+2]. The Bertz CT molecular complexity index is 3380. The van der Waals surface area contributed by atoms with Crippen LogP contribution in [0.15, 0.2) is 81.9 Å². The molecule has 2 aliphatic heterocycles. The second kappa shape index (κ2) is 9.42. The second-order valence-electron chi connectivity index (χ2n) is 18.1. The Labute approximate surface area is 330 Å². The third-order valence-corrected chi connectivity index (χ3v) is 15.0.